The van der Waals surface area contributed by atoms with E-state index in [9.17, 15) is 19.2 Å². The molecular weight excluding hydrogens is 475 g/mol. The van der Waals surface area contributed by atoms with Gasteiger partial charge in [-0.05, 0) is 17.4 Å². The van der Waals surface area contributed by atoms with Crippen molar-refractivity contribution in [3.63, 3.8) is 0 Å². The summed E-state index contributed by atoms with van der Waals surface area (Å²) >= 11 is 13.1. The molecular formula is C11H24B8O8S4. The lowest BCUT2D eigenvalue weighted by Gasteiger charge is -2.47. The predicted octanol–water partition coefficient (Wildman–Crippen LogP) is -0.380. The number of hydrogen-bond acceptors (Lipinski definition) is 12. The van der Waals surface area contributed by atoms with Crippen LogP contribution in [0.1, 0.15) is 20.8 Å². The third-order valence-corrected chi connectivity index (χ3v) is 6.31. The number of carbonyl (C=O) groups excluding carboxylic acids is 4. The van der Waals surface area contributed by atoms with Crippen LogP contribution >= 0.6 is 49.1 Å². The van der Waals surface area contributed by atoms with Gasteiger partial charge in [0.15, 0.2) is 0 Å². The summed E-state index contributed by atoms with van der Waals surface area (Å²) in [7, 11) is -0.412. The van der Waals surface area contributed by atoms with Crippen LogP contribution < -0.4 is 0 Å². The van der Waals surface area contributed by atoms with Crippen molar-refractivity contribution in [2.45, 2.75) is 37.1 Å². The molecule has 0 aliphatic heterocycles. The fourth-order valence-corrected chi connectivity index (χ4v) is 3.47. The number of carbonyl (C=O) groups is 4. The highest BCUT2D eigenvalue weighted by Crippen LogP contribution is 2.57. The molecule has 20 heteroatoms. The van der Waals surface area contributed by atoms with E-state index >= 15 is 0 Å². The smallest absolute Gasteiger partial charge is 0.347 e. The Balaban J connectivity index is 6.00. The quantitative estimate of drug-likeness (QED) is 0.158. The summed E-state index contributed by atoms with van der Waals surface area (Å²) in [6.07, 6.45) is 1.78. The van der Waals surface area contributed by atoms with E-state index in [2.05, 4.69) is 37.4 Å². The SMILES string of the molecule is CSBC(=O)OBC(C)(C)C(BOC(=O)BS)(BOC(=O)BS)C(C)BOC(=O)BS. The first-order valence-corrected chi connectivity index (χ1v) is 12.7. The number of thiol groups is 3. The minimum Gasteiger partial charge on any atom is -0.547 e. The van der Waals surface area contributed by atoms with Gasteiger partial charge in [0.25, 0.3) is 0 Å². The van der Waals surface area contributed by atoms with E-state index in [-0.39, 0.29) is 56.2 Å². The van der Waals surface area contributed by atoms with Gasteiger partial charge in [0.1, 0.15) is 0 Å². The van der Waals surface area contributed by atoms with Crippen molar-refractivity contribution in [3.05, 3.63) is 0 Å². The van der Waals surface area contributed by atoms with Gasteiger partial charge in [0, 0.05) is 5.21 Å². The van der Waals surface area contributed by atoms with E-state index < -0.39 is 39.8 Å². The Morgan fingerprint density at radius 1 is 0.774 bits per heavy atom. The number of rotatable bonds is 15. The molecule has 0 aliphatic rings. The first-order chi connectivity index (χ1) is 14.5. The molecule has 0 aromatic heterocycles. The maximum atomic E-state index is 12.0. The molecule has 31 heavy (non-hydrogen) atoms. The molecule has 0 amide bonds. The van der Waals surface area contributed by atoms with Crippen LogP contribution in [0.5, 0.6) is 0 Å². The molecule has 0 aromatic carbocycles. The van der Waals surface area contributed by atoms with Gasteiger partial charge in [0.05, 0.1) is 0 Å². The van der Waals surface area contributed by atoms with Crippen LogP contribution in [0.2, 0.25) is 16.3 Å². The fraction of sp³-hybridized carbons (Fsp3) is 0.636. The van der Waals surface area contributed by atoms with Crippen molar-refractivity contribution in [1.82, 2.24) is 0 Å². The fourth-order valence-electron chi connectivity index (χ4n) is 2.88. The summed E-state index contributed by atoms with van der Waals surface area (Å²) in [5, 5.41) is -1.90. The van der Waals surface area contributed by atoms with Crippen LogP contribution in [0, 0.1) is 0 Å². The Bertz CT molecular complexity index is 610. The molecule has 8 nitrogen and oxygen atoms in total. The molecule has 0 saturated carbocycles. The van der Waals surface area contributed by atoms with Gasteiger partial charge >= 0.3 is 56.2 Å². The van der Waals surface area contributed by atoms with Gasteiger partial charge in [-0.1, -0.05) is 20.8 Å². The Kier molecular flexibility index (Phi) is 15.5. The highest BCUT2D eigenvalue weighted by molar-refractivity contribution is 8.24. The minimum absolute atomic E-state index is 0.0336. The monoisotopic (exact) mass is 500 g/mol. The van der Waals surface area contributed by atoms with Crippen molar-refractivity contribution in [2.75, 3.05) is 6.26 Å². The van der Waals surface area contributed by atoms with Crippen LogP contribution in [0.15, 0.2) is 0 Å². The summed E-state index contributed by atoms with van der Waals surface area (Å²) in [5.41, 5.74) is 0. The molecule has 164 valence electrons. The third kappa shape index (κ3) is 10.5. The van der Waals surface area contributed by atoms with Crippen molar-refractivity contribution in [3.8, 4) is 0 Å². The van der Waals surface area contributed by atoms with Crippen LogP contribution in [-0.2, 0) is 18.6 Å². The largest absolute Gasteiger partial charge is 0.547 e. The lowest BCUT2D eigenvalue weighted by atomic mass is 9.25. The van der Waals surface area contributed by atoms with Crippen molar-refractivity contribution in [2.24, 2.45) is 0 Å². The molecule has 0 rings (SSSR count). The van der Waals surface area contributed by atoms with Crippen molar-refractivity contribution in [1.29, 1.82) is 0 Å². The molecule has 0 aliphatic carbocycles. The summed E-state index contributed by atoms with van der Waals surface area (Å²) in [4.78, 5) is 47.3. The Labute approximate surface area is 209 Å². The molecule has 0 N–H and O–H groups in total. The summed E-state index contributed by atoms with van der Waals surface area (Å²) in [5.74, 6) is -2.51. The molecule has 0 heterocycles. The Hall–Kier alpha value is -0.201. The van der Waals surface area contributed by atoms with Crippen molar-refractivity contribution < 1.29 is 37.8 Å². The zero-order valence-corrected chi connectivity index (χ0v) is 21.7. The third-order valence-electron chi connectivity index (χ3n) is 5.01. The average Bonchev–Trinajstić information content (AvgIpc) is 2.75. The molecule has 0 radical (unpaired) electrons. The molecule has 0 aromatic rings. The highest BCUT2D eigenvalue weighted by Gasteiger charge is 2.55. The summed E-state index contributed by atoms with van der Waals surface area (Å²) in [6.45, 7) is 5.19. The zero-order chi connectivity index (χ0) is 24.1. The van der Waals surface area contributed by atoms with Gasteiger partial charge in [-0.2, -0.15) is 0 Å². The van der Waals surface area contributed by atoms with Gasteiger partial charge in [0.2, 0.25) is 23.5 Å². The second-order valence-corrected chi connectivity index (χ2v) is 9.33. The topological polar surface area (TPSA) is 105 Å². The highest BCUT2D eigenvalue weighted by atomic mass is 32.2. The zero-order valence-electron chi connectivity index (χ0n) is 18.3. The molecule has 0 saturated heterocycles. The molecule has 0 fully saturated rings. The van der Waals surface area contributed by atoms with E-state index in [1.54, 1.807) is 27.0 Å². The van der Waals surface area contributed by atoms with Gasteiger partial charge < -0.3 is 18.6 Å². The molecule has 0 bridgehead atoms. The molecule has 1 unspecified atom stereocenters. The normalized spacial score (nSPS) is 11.6. The standard InChI is InChI=1S/C11H24B8O8S4/c1-5(12-24-6(20)13-28)11(18-25-7(21)14-29,19-26-8(22)15-30)10(2,3)17-27-9(23)16-31-4/h5,12-19,28-30H,1-4H3. The van der Waals surface area contributed by atoms with Crippen LogP contribution in [0.25, 0.3) is 0 Å². The summed E-state index contributed by atoms with van der Waals surface area (Å²) in [6, 6.07) is 0. The van der Waals surface area contributed by atoms with Crippen molar-refractivity contribution >= 4 is 129 Å². The maximum absolute atomic E-state index is 12.0. The van der Waals surface area contributed by atoms with Gasteiger partial charge in [-0.3, -0.25) is 19.2 Å². The lowest BCUT2D eigenvalue weighted by molar-refractivity contribution is 0.215. The predicted molar refractivity (Wildman–Crippen MR) is 150 cm³/mol. The van der Waals surface area contributed by atoms with E-state index in [1.807, 2.05) is 0 Å². The van der Waals surface area contributed by atoms with Gasteiger partial charge in [-0.25, -0.2) is 49.1 Å². The molecule has 1 atom stereocenters. The minimum atomic E-state index is -1.05. The van der Waals surface area contributed by atoms with E-state index in [0.717, 1.165) is 0 Å². The first-order valence-electron chi connectivity index (χ1n) is 9.43. The number of hydrogen-bond donors (Lipinski definition) is 3. The molecule has 0 spiro atoms. The van der Waals surface area contributed by atoms with E-state index in [1.165, 1.54) is 11.6 Å². The van der Waals surface area contributed by atoms with Gasteiger partial charge in [-0.15, -0.1) is 0 Å². The maximum Gasteiger partial charge on any atom is 0.347 e. The Morgan fingerprint density at radius 3 is 1.61 bits per heavy atom. The Morgan fingerprint density at radius 2 is 1.19 bits per heavy atom. The van der Waals surface area contributed by atoms with Crippen LogP contribution in [0.3, 0.4) is 0 Å². The van der Waals surface area contributed by atoms with E-state index in [4.69, 9.17) is 18.6 Å². The first kappa shape index (κ1) is 30.8. The summed E-state index contributed by atoms with van der Waals surface area (Å²) < 4.78 is 21.5. The van der Waals surface area contributed by atoms with Crippen LogP contribution in [-0.4, -0.2) is 85.9 Å². The average molecular weight is 499 g/mol. The lowest BCUT2D eigenvalue weighted by Crippen LogP contribution is -2.48. The second kappa shape index (κ2) is 15.6. The second-order valence-electron chi connectivity index (χ2n) is 7.51. The van der Waals surface area contributed by atoms with E-state index in [0.29, 0.717) is 0 Å². The van der Waals surface area contributed by atoms with Crippen LogP contribution in [0.4, 0.5) is 19.2 Å².